The topological polar surface area (TPSA) is 108 Å². The van der Waals surface area contributed by atoms with Gasteiger partial charge in [0, 0.05) is 30.8 Å². The second kappa shape index (κ2) is 8.66. The maximum absolute atomic E-state index is 11.8. The van der Waals surface area contributed by atoms with E-state index in [0.717, 1.165) is 5.56 Å². The lowest BCUT2D eigenvalue weighted by molar-refractivity contribution is -0.137. The molecule has 0 bridgehead atoms. The summed E-state index contributed by atoms with van der Waals surface area (Å²) >= 11 is 0. The monoisotopic (exact) mass is 307 g/mol. The third kappa shape index (κ3) is 5.82. The number of nitrogens with one attached hydrogen (secondary N) is 3. The molecule has 0 aromatic heterocycles. The average Bonchev–Trinajstić information content (AvgIpc) is 2.46. The van der Waals surface area contributed by atoms with Gasteiger partial charge in [-0.1, -0.05) is 6.07 Å². The summed E-state index contributed by atoms with van der Waals surface area (Å²) in [6.07, 6.45) is 0.368. The minimum absolute atomic E-state index is 0.00593. The Bertz CT molecular complexity index is 558. The van der Waals surface area contributed by atoms with Gasteiger partial charge in [0.15, 0.2) is 0 Å². The van der Waals surface area contributed by atoms with Gasteiger partial charge in [0.05, 0.1) is 0 Å². The fourth-order valence-corrected chi connectivity index (χ4v) is 1.77. The van der Waals surface area contributed by atoms with Crippen LogP contribution in [0.25, 0.3) is 0 Å². The minimum Gasteiger partial charge on any atom is -0.481 e. The minimum atomic E-state index is -0.896. The highest BCUT2D eigenvalue weighted by Crippen LogP contribution is 2.16. The summed E-state index contributed by atoms with van der Waals surface area (Å²) in [5.74, 6) is -1.10. The molecule has 1 aromatic carbocycles. The zero-order valence-corrected chi connectivity index (χ0v) is 12.7. The number of amides is 3. The van der Waals surface area contributed by atoms with E-state index in [2.05, 4.69) is 16.0 Å². The van der Waals surface area contributed by atoms with Crippen LogP contribution in [0.15, 0.2) is 18.2 Å². The molecule has 120 valence electrons. The predicted octanol–water partition coefficient (Wildman–Crippen LogP) is 1.73. The standard InChI is InChI=1S/C15H21N3O4/c1-3-16-14(21)11-7-6-10(2)12(9-11)18-15(22)17-8-4-5-13(19)20/h6-7,9H,3-5,8H2,1-2H3,(H,16,21)(H,19,20)(H2,17,18,22). The molecule has 1 aromatic rings. The van der Waals surface area contributed by atoms with E-state index in [4.69, 9.17) is 5.11 Å². The fourth-order valence-electron chi connectivity index (χ4n) is 1.77. The van der Waals surface area contributed by atoms with E-state index in [1.54, 1.807) is 18.2 Å². The summed E-state index contributed by atoms with van der Waals surface area (Å²) in [4.78, 5) is 33.9. The van der Waals surface area contributed by atoms with Gasteiger partial charge in [-0.2, -0.15) is 0 Å². The molecule has 0 unspecified atom stereocenters. The van der Waals surface area contributed by atoms with Gasteiger partial charge in [0.25, 0.3) is 5.91 Å². The van der Waals surface area contributed by atoms with Gasteiger partial charge in [0.1, 0.15) is 0 Å². The second-order valence-electron chi connectivity index (χ2n) is 4.77. The van der Waals surface area contributed by atoms with Gasteiger partial charge in [-0.3, -0.25) is 9.59 Å². The van der Waals surface area contributed by atoms with Crippen molar-refractivity contribution in [2.45, 2.75) is 26.7 Å². The van der Waals surface area contributed by atoms with Crippen LogP contribution in [0.1, 0.15) is 35.7 Å². The van der Waals surface area contributed by atoms with Crippen LogP contribution < -0.4 is 16.0 Å². The number of carboxylic acid groups (broad SMARTS) is 1. The summed E-state index contributed by atoms with van der Waals surface area (Å²) in [6.45, 7) is 4.45. The first-order valence-electron chi connectivity index (χ1n) is 7.09. The normalized spacial score (nSPS) is 9.91. The van der Waals surface area contributed by atoms with Gasteiger partial charge >= 0.3 is 12.0 Å². The van der Waals surface area contributed by atoms with E-state index < -0.39 is 12.0 Å². The van der Waals surface area contributed by atoms with Crippen molar-refractivity contribution < 1.29 is 19.5 Å². The van der Waals surface area contributed by atoms with Crippen LogP contribution in [0, 0.1) is 6.92 Å². The number of urea groups is 1. The molecule has 22 heavy (non-hydrogen) atoms. The van der Waals surface area contributed by atoms with Crippen LogP contribution in [0.3, 0.4) is 0 Å². The van der Waals surface area contributed by atoms with Gasteiger partial charge in [0.2, 0.25) is 0 Å². The van der Waals surface area contributed by atoms with Crippen molar-refractivity contribution >= 4 is 23.6 Å². The zero-order chi connectivity index (χ0) is 16.5. The van der Waals surface area contributed by atoms with Gasteiger partial charge in [-0.15, -0.1) is 0 Å². The Morgan fingerprint density at radius 3 is 2.55 bits per heavy atom. The van der Waals surface area contributed by atoms with E-state index in [0.29, 0.717) is 24.2 Å². The predicted molar refractivity (Wildman–Crippen MR) is 83.1 cm³/mol. The number of carboxylic acids is 1. The number of carbonyl (C=O) groups is 3. The van der Waals surface area contributed by atoms with Crippen LogP contribution >= 0.6 is 0 Å². The molecule has 0 saturated carbocycles. The summed E-state index contributed by atoms with van der Waals surface area (Å²) in [5, 5.41) is 16.4. The van der Waals surface area contributed by atoms with Crippen LogP contribution in [0.2, 0.25) is 0 Å². The van der Waals surface area contributed by atoms with Crippen molar-refractivity contribution in [3.8, 4) is 0 Å². The van der Waals surface area contributed by atoms with E-state index >= 15 is 0 Å². The quantitative estimate of drug-likeness (QED) is 0.575. The van der Waals surface area contributed by atoms with E-state index in [9.17, 15) is 14.4 Å². The maximum atomic E-state index is 11.8. The number of anilines is 1. The molecule has 0 saturated heterocycles. The van der Waals surface area contributed by atoms with E-state index in [-0.39, 0.29) is 18.9 Å². The Balaban J connectivity index is 2.60. The molecule has 4 N–H and O–H groups in total. The fraction of sp³-hybridized carbons (Fsp3) is 0.400. The summed E-state index contributed by atoms with van der Waals surface area (Å²) in [5.41, 5.74) is 1.84. The molecule has 0 atom stereocenters. The molecule has 0 fully saturated rings. The summed E-state index contributed by atoms with van der Waals surface area (Å²) in [7, 11) is 0. The number of hydrogen-bond acceptors (Lipinski definition) is 3. The van der Waals surface area contributed by atoms with Crippen LogP contribution in [-0.4, -0.2) is 36.1 Å². The molecular formula is C15H21N3O4. The first-order chi connectivity index (χ1) is 10.4. The molecular weight excluding hydrogens is 286 g/mol. The van der Waals surface area contributed by atoms with E-state index in [1.165, 1.54) is 0 Å². The van der Waals surface area contributed by atoms with Crippen LogP contribution in [0.5, 0.6) is 0 Å². The van der Waals surface area contributed by atoms with Gasteiger partial charge in [-0.05, 0) is 38.0 Å². The molecule has 3 amide bonds. The van der Waals surface area contributed by atoms with Crippen molar-refractivity contribution in [3.05, 3.63) is 29.3 Å². The molecule has 0 heterocycles. The lowest BCUT2D eigenvalue weighted by atomic mass is 10.1. The lowest BCUT2D eigenvalue weighted by Crippen LogP contribution is -2.30. The Morgan fingerprint density at radius 1 is 1.18 bits per heavy atom. The SMILES string of the molecule is CCNC(=O)c1ccc(C)c(NC(=O)NCCCC(=O)O)c1. The van der Waals surface area contributed by atoms with Gasteiger partial charge in [-0.25, -0.2) is 4.79 Å². The molecule has 7 nitrogen and oxygen atoms in total. The molecule has 0 aliphatic carbocycles. The number of benzene rings is 1. The first-order valence-corrected chi connectivity index (χ1v) is 7.09. The number of aliphatic carboxylic acids is 1. The largest absolute Gasteiger partial charge is 0.481 e. The Hall–Kier alpha value is -2.57. The molecule has 0 aliphatic rings. The van der Waals surface area contributed by atoms with Gasteiger partial charge < -0.3 is 21.1 Å². The molecule has 0 aliphatic heterocycles. The highest BCUT2D eigenvalue weighted by atomic mass is 16.4. The Labute approximate surface area is 129 Å². The molecule has 7 heteroatoms. The maximum Gasteiger partial charge on any atom is 0.319 e. The lowest BCUT2D eigenvalue weighted by Gasteiger charge is -2.11. The third-order valence-electron chi connectivity index (χ3n) is 2.94. The zero-order valence-electron chi connectivity index (χ0n) is 12.7. The smallest absolute Gasteiger partial charge is 0.319 e. The molecule has 0 spiro atoms. The number of aryl methyl sites for hydroxylation is 1. The van der Waals surface area contributed by atoms with Crippen LogP contribution in [0.4, 0.5) is 10.5 Å². The van der Waals surface area contributed by atoms with Crippen molar-refractivity contribution in [3.63, 3.8) is 0 Å². The van der Waals surface area contributed by atoms with Crippen molar-refractivity contribution in [1.29, 1.82) is 0 Å². The Morgan fingerprint density at radius 2 is 1.91 bits per heavy atom. The van der Waals surface area contributed by atoms with Crippen molar-refractivity contribution in [2.24, 2.45) is 0 Å². The first kappa shape index (κ1) is 17.5. The number of rotatable bonds is 7. The molecule has 0 radical (unpaired) electrons. The van der Waals surface area contributed by atoms with E-state index in [1.807, 2.05) is 13.8 Å². The third-order valence-corrected chi connectivity index (χ3v) is 2.94. The highest BCUT2D eigenvalue weighted by molar-refractivity contribution is 5.97. The number of carbonyl (C=O) groups excluding carboxylic acids is 2. The number of hydrogen-bond donors (Lipinski definition) is 4. The summed E-state index contributed by atoms with van der Waals surface area (Å²) < 4.78 is 0. The Kier molecular flexibility index (Phi) is 6.88. The van der Waals surface area contributed by atoms with Crippen LogP contribution in [-0.2, 0) is 4.79 Å². The highest BCUT2D eigenvalue weighted by Gasteiger charge is 2.09. The summed E-state index contributed by atoms with van der Waals surface area (Å²) in [6, 6.07) is 4.62. The average molecular weight is 307 g/mol. The molecule has 1 rings (SSSR count). The van der Waals surface area contributed by atoms with Crippen molar-refractivity contribution in [1.82, 2.24) is 10.6 Å². The van der Waals surface area contributed by atoms with Crippen molar-refractivity contribution in [2.75, 3.05) is 18.4 Å². The second-order valence-corrected chi connectivity index (χ2v) is 4.77.